The van der Waals surface area contributed by atoms with Crippen LogP contribution in [-0.4, -0.2) is 22.6 Å². The molecule has 5 nitrogen and oxygen atoms in total. The Morgan fingerprint density at radius 1 is 1.24 bits per heavy atom. The minimum absolute atomic E-state index is 0.245. The van der Waals surface area contributed by atoms with Gasteiger partial charge in [-0.3, -0.25) is 4.79 Å². The van der Waals surface area contributed by atoms with Crippen molar-refractivity contribution in [3.05, 3.63) is 83.7 Å². The molecule has 1 amide bonds. The van der Waals surface area contributed by atoms with Crippen molar-refractivity contribution in [2.24, 2.45) is 7.05 Å². The number of amides is 1. The summed E-state index contributed by atoms with van der Waals surface area (Å²) >= 11 is 0. The van der Waals surface area contributed by atoms with Crippen molar-refractivity contribution >= 4 is 5.91 Å². The van der Waals surface area contributed by atoms with E-state index >= 15 is 0 Å². The second kappa shape index (κ2) is 7.17. The number of methoxy groups -OCH3 is 1. The zero-order valence-electron chi connectivity index (χ0n) is 13.9. The van der Waals surface area contributed by atoms with Crippen LogP contribution in [0.1, 0.15) is 27.8 Å². The highest BCUT2D eigenvalue weighted by molar-refractivity contribution is 5.94. The third kappa shape index (κ3) is 3.52. The number of hydrogen-bond donors (Lipinski definition) is 1. The van der Waals surface area contributed by atoms with E-state index in [4.69, 9.17) is 4.74 Å². The lowest BCUT2D eigenvalue weighted by Gasteiger charge is -2.21. The van der Waals surface area contributed by atoms with Gasteiger partial charge < -0.3 is 14.6 Å². The number of nitrogens with zero attached hydrogens (tertiary/aromatic N) is 2. The quantitative estimate of drug-likeness (QED) is 0.777. The first kappa shape index (κ1) is 16.7. The van der Waals surface area contributed by atoms with Gasteiger partial charge in [0.2, 0.25) is 0 Å². The van der Waals surface area contributed by atoms with Crippen LogP contribution in [0.3, 0.4) is 0 Å². The van der Waals surface area contributed by atoms with Crippen LogP contribution < -0.4 is 10.1 Å². The Balaban J connectivity index is 2.00. The smallest absolute Gasteiger partial charge is 0.252 e. The molecule has 3 rings (SSSR count). The van der Waals surface area contributed by atoms with E-state index < -0.39 is 17.8 Å². The fourth-order valence-corrected chi connectivity index (χ4v) is 2.69. The average molecular weight is 339 g/mol. The Morgan fingerprint density at radius 2 is 2.04 bits per heavy atom. The van der Waals surface area contributed by atoms with Crippen molar-refractivity contribution in [3.63, 3.8) is 0 Å². The molecule has 0 saturated heterocycles. The second-order valence-electron chi connectivity index (χ2n) is 5.56. The molecule has 25 heavy (non-hydrogen) atoms. The number of aromatic nitrogens is 2. The largest absolute Gasteiger partial charge is 0.496 e. The van der Waals surface area contributed by atoms with Crippen molar-refractivity contribution in [2.75, 3.05) is 7.11 Å². The first-order valence-corrected chi connectivity index (χ1v) is 7.76. The molecular weight excluding hydrogens is 321 g/mol. The lowest BCUT2D eigenvalue weighted by atomic mass is 10.0. The Hall–Kier alpha value is -3.15. The molecule has 1 atom stereocenters. The Morgan fingerprint density at radius 3 is 2.72 bits per heavy atom. The SMILES string of the molecule is COc1ccccc1C(NC(=O)c1cccc(F)c1)c1nccn1C. The average Bonchev–Trinajstić information content (AvgIpc) is 3.05. The summed E-state index contributed by atoms with van der Waals surface area (Å²) in [5.41, 5.74) is 1.01. The van der Waals surface area contributed by atoms with E-state index in [9.17, 15) is 9.18 Å². The van der Waals surface area contributed by atoms with Crippen LogP contribution in [0.2, 0.25) is 0 Å². The number of aryl methyl sites for hydroxylation is 1. The topological polar surface area (TPSA) is 56.1 Å². The number of nitrogens with one attached hydrogen (secondary N) is 1. The van der Waals surface area contributed by atoms with E-state index in [0.29, 0.717) is 11.6 Å². The van der Waals surface area contributed by atoms with Gasteiger partial charge in [-0.05, 0) is 24.3 Å². The Kier molecular flexibility index (Phi) is 4.79. The number of hydrogen-bond acceptors (Lipinski definition) is 3. The second-order valence-corrected chi connectivity index (χ2v) is 5.56. The molecule has 1 aromatic heterocycles. The first-order valence-electron chi connectivity index (χ1n) is 7.76. The molecule has 0 bridgehead atoms. The Bertz CT molecular complexity index is 892. The summed E-state index contributed by atoms with van der Waals surface area (Å²) in [5, 5.41) is 2.93. The van der Waals surface area contributed by atoms with Crippen LogP contribution in [0.15, 0.2) is 60.9 Å². The summed E-state index contributed by atoms with van der Waals surface area (Å²) in [5.74, 6) is 0.432. The molecule has 0 saturated carbocycles. The molecule has 1 heterocycles. The van der Waals surface area contributed by atoms with Gasteiger partial charge in [-0.15, -0.1) is 0 Å². The number of imidazole rings is 1. The predicted molar refractivity (Wildman–Crippen MR) is 91.9 cm³/mol. The molecule has 0 aliphatic heterocycles. The molecule has 0 radical (unpaired) electrons. The number of carbonyl (C=O) groups excluding carboxylic acids is 1. The lowest BCUT2D eigenvalue weighted by Crippen LogP contribution is -2.31. The van der Waals surface area contributed by atoms with Gasteiger partial charge >= 0.3 is 0 Å². The maximum absolute atomic E-state index is 13.4. The number of benzene rings is 2. The number of ether oxygens (including phenoxy) is 1. The molecule has 3 aromatic rings. The lowest BCUT2D eigenvalue weighted by molar-refractivity contribution is 0.0940. The van der Waals surface area contributed by atoms with E-state index in [2.05, 4.69) is 10.3 Å². The molecule has 6 heteroatoms. The monoisotopic (exact) mass is 339 g/mol. The fraction of sp³-hybridized carbons (Fsp3) is 0.158. The normalized spacial score (nSPS) is 11.8. The van der Waals surface area contributed by atoms with Gasteiger partial charge in [0.1, 0.15) is 23.4 Å². The number of halogens is 1. The fourth-order valence-electron chi connectivity index (χ4n) is 2.69. The molecule has 128 valence electrons. The summed E-state index contributed by atoms with van der Waals surface area (Å²) in [6.45, 7) is 0. The Labute approximate surface area is 145 Å². The molecule has 0 aliphatic rings. The van der Waals surface area contributed by atoms with Gasteiger partial charge in [-0.25, -0.2) is 9.37 Å². The van der Waals surface area contributed by atoms with Gasteiger partial charge in [0.25, 0.3) is 5.91 Å². The molecular formula is C19H18FN3O2. The maximum Gasteiger partial charge on any atom is 0.252 e. The van der Waals surface area contributed by atoms with Crippen molar-refractivity contribution in [1.82, 2.24) is 14.9 Å². The molecule has 1 unspecified atom stereocenters. The van der Waals surface area contributed by atoms with Gasteiger partial charge in [0.05, 0.1) is 7.11 Å². The van der Waals surface area contributed by atoms with Crippen molar-refractivity contribution in [1.29, 1.82) is 0 Å². The van der Waals surface area contributed by atoms with Crippen molar-refractivity contribution < 1.29 is 13.9 Å². The standard InChI is InChI=1S/C19H18FN3O2/c1-23-11-10-21-18(23)17(15-8-3-4-9-16(15)25-2)22-19(24)13-6-5-7-14(20)12-13/h3-12,17H,1-2H3,(H,22,24). The molecule has 0 spiro atoms. The zero-order valence-corrected chi connectivity index (χ0v) is 13.9. The number of carbonyl (C=O) groups is 1. The molecule has 1 N–H and O–H groups in total. The van der Waals surface area contributed by atoms with Gasteiger partial charge in [0.15, 0.2) is 0 Å². The van der Waals surface area contributed by atoms with Crippen LogP contribution in [0.5, 0.6) is 5.75 Å². The van der Waals surface area contributed by atoms with Crippen LogP contribution >= 0.6 is 0 Å². The summed E-state index contributed by atoms with van der Waals surface area (Å²) in [6, 6.07) is 12.4. The third-order valence-corrected chi connectivity index (χ3v) is 3.93. The van der Waals surface area contributed by atoms with E-state index in [-0.39, 0.29) is 5.56 Å². The van der Waals surface area contributed by atoms with Crippen LogP contribution in [0, 0.1) is 5.82 Å². The zero-order chi connectivity index (χ0) is 17.8. The predicted octanol–water partition coefficient (Wildman–Crippen LogP) is 3.09. The highest BCUT2D eigenvalue weighted by atomic mass is 19.1. The first-order chi connectivity index (χ1) is 12.1. The maximum atomic E-state index is 13.4. The molecule has 0 fully saturated rings. The van der Waals surface area contributed by atoms with Crippen LogP contribution in [-0.2, 0) is 7.05 Å². The van der Waals surface area contributed by atoms with Crippen LogP contribution in [0.25, 0.3) is 0 Å². The summed E-state index contributed by atoms with van der Waals surface area (Å²) < 4.78 is 20.7. The molecule has 2 aromatic carbocycles. The van der Waals surface area contributed by atoms with Gasteiger partial charge in [0, 0.05) is 30.6 Å². The van der Waals surface area contributed by atoms with E-state index in [1.807, 2.05) is 35.9 Å². The minimum Gasteiger partial charge on any atom is -0.496 e. The van der Waals surface area contributed by atoms with Crippen molar-refractivity contribution in [3.8, 4) is 5.75 Å². The number of para-hydroxylation sites is 1. The van der Waals surface area contributed by atoms with E-state index in [1.54, 1.807) is 25.6 Å². The summed E-state index contributed by atoms with van der Waals surface area (Å²) in [7, 11) is 3.42. The van der Waals surface area contributed by atoms with E-state index in [1.165, 1.54) is 18.2 Å². The van der Waals surface area contributed by atoms with Gasteiger partial charge in [-0.2, -0.15) is 0 Å². The minimum atomic E-state index is -0.535. The van der Waals surface area contributed by atoms with E-state index in [0.717, 1.165) is 5.56 Å². The highest BCUT2D eigenvalue weighted by Crippen LogP contribution is 2.29. The van der Waals surface area contributed by atoms with Crippen molar-refractivity contribution in [2.45, 2.75) is 6.04 Å². The summed E-state index contributed by atoms with van der Waals surface area (Å²) in [6.07, 6.45) is 3.46. The van der Waals surface area contributed by atoms with Crippen LogP contribution in [0.4, 0.5) is 4.39 Å². The third-order valence-electron chi connectivity index (χ3n) is 3.93. The number of rotatable bonds is 5. The summed E-state index contributed by atoms with van der Waals surface area (Å²) in [4.78, 5) is 17.0. The van der Waals surface area contributed by atoms with Gasteiger partial charge in [-0.1, -0.05) is 24.3 Å². The molecule has 0 aliphatic carbocycles. The highest BCUT2D eigenvalue weighted by Gasteiger charge is 2.24.